The van der Waals surface area contributed by atoms with Crippen LogP contribution in [0.1, 0.15) is 36.8 Å². The van der Waals surface area contributed by atoms with E-state index in [0.717, 1.165) is 19.6 Å². The number of likely N-dealkylation sites (N-methyl/N-ethyl adjacent to an activating group) is 1. The van der Waals surface area contributed by atoms with Gasteiger partial charge >= 0.3 is 5.97 Å². The number of nitrogens with zero attached hydrogens (tertiary/aromatic N) is 1. The number of rotatable bonds is 6. The van der Waals surface area contributed by atoms with Gasteiger partial charge in [-0.2, -0.15) is 0 Å². The molecule has 2 aliphatic carbocycles. The highest BCUT2D eigenvalue weighted by Gasteiger charge is 2.60. The van der Waals surface area contributed by atoms with E-state index in [0.29, 0.717) is 6.61 Å². The predicted molar refractivity (Wildman–Crippen MR) is 99.6 cm³/mol. The minimum Gasteiger partial charge on any atom is -0.464 e. The van der Waals surface area contributed by atoms with Crippen molar-refractivity contribution in [3.8, 4) is 11.1 Å². The van der Waals surface area contributed by atoms with Crippen molar-refractivity contribution in [2.75, 3.05) is 26.2 Å². The van der Waals surface area contributed by atoms with Crippen molar-refractivity contribution in [3.05, 3.63) is 59.7 Å². The molecule has 0 unspecified atom stereocenters. The van der Waals surface area contributed by atoms with Gasteiger partial charge in [0.2, 0.25) is 0 Å². The van der Waals surface area contributed by atoms with E-state index >= 15 is 0 Å². The topological polar surface area (TPSA) is 29.5 Å². The Hall–Kier alpha value is -2.13. The van der Waals surface area contributed by atoms with Crippen LogP contribution in [0, 0.1) is 5.92 Å². The van der Waals surface area contributed by atoms with E-state index < -0.39 is 0 Å². The fraction of sp³-hybridized carbons (Fsp3) is 0.409. The molecule has 0 aliphatic heterocycles. The maximum absolute atomic E-state index is 12.7. The van der Waals surface area contributed by atoms with Crippen LogP contribution in [0.4, 0.5) is 0 Å². The molecule has 0 heterocycles. The first-order valence-corrected chi connectivity index (χ1v) is 9.33. The number of hydrogen-bond donors (Lipinski definition) is 0. The second-order valence-corrected chi connectivity index (χ2v) is 6.95. The molecule has 0 N–H and O–H groups in total. The average Bonchev–Trinajstić information content (AvgIpc) is 3.42. The number of ether oxygens (including phenoxy) is 1. The predicted octanol–water partition coefficient (Wildman–Crippen LogP) is 4.05. The maximum Gasteiger partial charge on any atom is 0.310 e. The molecule has 0 spiro atoms. The Morgan fingerprint density at radius 2 is 1.44 bits per heavy atom. The minimum atomic E-state index is -0.0336. The van der Waals surface area contributed by atoms with Crippen molar-refractivity contribution in [3.63, 3.8) is 0 Å². The molecule has 3 nitrogen and oxygen atoms in total. The first-order chi connectivity index (χ1) is 12.3. The lowest BCUT2D eigenvalue weighted by atomic mass is 9.86. The Balaban J connectivity index is 1.53. The van der Waals surface area contributed by atoms with E-state index in [-0.39, 0.29) is 23.7 Å². The van der Waals surface area contributed by atoms with Crippen LogP contribution in [0.2, 0.25) is 0 Å². The molecule has 0 radical (unpaired) electrons. The fourth-order valence-electron chi connectivity index (χ4n) is 4.36. The monoisotopic (exact) mass is 335 g/mol. The van der Waals surface area contributed by atoms with E-state index in [4.69, 9.17) is 4.74 Å². The molecular weight excluding hydrogens is 310 g/mol. The number of hydrogen-bond acceptors (Lipinski definition) is 3. The molecule has 4 rings (SSSR count). The van der Waals surface area contributed by atoms with Gasteiger partial charge in [0.25, 0.3) is 0 Å². The van der Waals surface area contributed by atoms with Crippen LogP contribution in [0.3, 0.4) is 0 Å². The summed E-state index contributed by atoms with van der Waals surface area (Å²) in [6.07, 6.45) is 0. The summed E-state index contributed by atoms with van der Waals surface area (Å²) in [7, 11) is 0. The van der Waals surface area contributed by atoms with Gasteiger partial charge in [0.15, 0.2) is 0 Å². The third-order valence-corrected chi connectivity index (χ3v) is 5.77. The zero-order chi connectivity index (χ0) is 17.4. The van der Waals surface area contributed by atoms with Crippen molar-refractivity contribution in [1.29, 1.82) is 0 Å². The van der Waals surface area contributed by atoms with Crippen molar-refractivity contribution < 1.29 is 9.53 Å². The summed E-state index contributed by atoms with van der Waals surface area (Å²) in [5.74, 6) is 0.509. The molecule has 2 atom stereocenters. The lowest BCUT2D eigenvalue weighted by Gasteiger charge is -2.18. The Bertz CT molecular complexity index is 730. The van der Waals surface area contributed by atoms with Crippen LogP contribution in [-0.4, -0.2) is 37.1 Å². The minimum absolute atomic E-state index is 0.0264. The Labute approximate surface area is 149 Å². The van der Waals surface area contributed by atoms with Gasteiger partial charge in [-0.25, -0.2) is 0 Å². The fourth-order valence-corrected chi connectivity index (χ4v) is 4.36. The van der Waals surface area contributed by atoms with E-state index in [9.17, 15) is 4.79 Å². The van der Waals surface area contributed by atoms with Gasteiger partial charge in [0.1, 0.15) is 6.61 Å². The van der Waals surface area contributed by atoms with Crippen molar-refractivity contribution in [2.45, 2.75) is 25.7 Å². The molecule has 0 saturated heterocycles. The average molecular weight is 335 g/mol. The molecule has 0 bridgehead atoms. The summed E-state index contributed by atoms with van der Waals surface area (Å²) >= 11 is 0. The molecule has 2 aliphatic rings. The van der Waals surface area contributed by atoms with Crippen LogP contribution >= 0.6 is 0 Å². The second kappa shape index (κ2) is 6.64. The smallest absolute Gasteiger partial charge is 0.310 e. The number of carbonyl (C=O) groups is 1. The molecule has 0 amide bonds. The van der Waals surface area contributed by atoms with Gasteiger partial charge in [-0.05, 0) is 35.3 Å². The molecule has 0 aromatic heterocycles. The number of esters is 1. The summed E-state index contributed by atoms with van der Waals surface area (Å²) in [4.78, 5) is 15.0. The van der Waals surface area contributed by atoms with Crippen LogP contribution in [0.5, 0.6) is 0 Å². The third kappa shape index (κ3) is 2.77. The zero-order valence-electron chi connectivity index (χ0n) is 14.9. The van der Waals surface area contributed by atoms with Gasteiger partial charge in [0, 0.05) is 18.4 Å². The lowest BCUT2D eigenvalue weighted by Crippen LogP contribution is -2.28. The molecule has 2 aromatic carbocycles. The Kier molecular flexibility index (Phi) is 4.34. The van der Waals surface area contributed by atoms with Gasteiger partial charge in [-0.15, -0.1) is 0 Å². The largest absolute Gasteiger partial charge is 0.464 e. The molecule has 25 heavy (non-hydrogen) atoms. The molecule has 1 fully saturated rings. The van der Waals surface area contributed by atoms with Gasteiger partial charge < -0.3 is 9.64 Å². The Morgan fingerprint density at radius 1 is 0.920 bits per heavy atom. The van der Waals surface area contributed by atoms with Gasteiger partial charge in [0.05, 0.1) is 5.92 Å². The molecule has 1 saturated carbocycles. The summed E-state index contributed by atoms with van der Waals surface area (Å²) in [6, 6.07) is 17.0. The third-order valence-electron chi connectivity index (χ3n) is 5.77. The quantitative estimate of drug-likeness (QED) is 0.746. The normalized spacial score (nSPS) is 22.8. The lowest BCUT2D eigenvalue weighted by molar-refractivity contribution is -0.145. The van der Waals surface area contributed by atoms with Crippen molar-refractivity contribution >= 4 is 5.97 Å². The van der Waals surface area contributed by atoms with E-state index in [1.54, 1.807) is 0 Å². The maximum atomic E-state index is 12.7. The van der Waals surface area contributed by atoms with Crippen molar-refractivity contribution in [2.24, 2.45) is 5.92 Å². The SMILES string of the molecule is CCN(CC)CCOC(=O)C1[C@H]2c3ccccc3-c3ccccc3[C@H]12. The second-order valence-electron chi connectivity index (χ2n) is 6.95. The summed E-state index contributed by atoms with van der Waals surface area (Å²) in [5.41, 5.74) is 5.16. The summed E-state index contributed by atoms with van der Waals surface area (Å²) < 4.78 is 5.64. The number of carbonyl (C=O) groups excluding carboxylic acids is 1. The van der Waals surface area contributed by atoms with Crippen LogP contribution in [-0.2, 0) is 9.53 Å². The van der Waals surface area contributed by atoms with E-state index in [1.165, 1.54) is 22.3 Å². The van der Waals surface area contributed by atoms with E-state index in [2.05, 4.69) is 67.3 Å². The van der Waals surface area contributed by atoms with Crippen LogP contribution in [0.15, 0.2) is 48.5 Å². The Morgan fingerprint density at radius 3 is 1.96 bits per heavy atom. The van der Waals surface area contributed by atoms with E-state index in [1.807, 2.05) is 0 Å². The zero-order valence-corrected chi connectivity index (χ0v) is 14.9. The van der Waals surface area contributed by atoms with Gasteiger partial charge in [-0.3, -0.25) is 4.79 Å². The highest BCUT2D eigenvalue weighted by molar-refractivity contribution is 5.87. The molecular formula is C22H25NO2. The highest BCUT2D eigenvalue weighted by Crippen LogP contribution is 2.66. The first kappa shape index (κ1) is 16.3. The molecule has 2 aromatic rings. The number of fused-ring (bicyclic) bond motifs is 6. The number of benzene rings is 2. The summed E-state index contributed by atoms with van der Waals surface area (Å²) in [5, 5.41) is 0. The highest BCUT2D eigenvalue weighted by atomic mass is 16.5. The van der Waals surface area contributed by atoms with Crippen LogP contribution in [0.25, 0.3) is 11.1 Å². The molecule has 130 valence electrons. The van der Waals surface area contributed by atoms with Gasteiger partial charge in [-0.1, -0.05) is 62.4 Å². The first-order valence-electron chi connectivity index (χ1n) is 9.33. The standard InChI is InChI=1S/C22H25NO2/c1-3-23(4-2)13-14-25-22(24)21-19-17-11-7-5-9-15(17)16-10-6-8-12-18(16)20(19)21/h5-12,19-21H,3-4,13-14H2,1-2H3/t19-,20-/m0/s1. The summed E-state index contributed by atoms with van der Waals surface area (Å²) in [6.45, 7) is 7.55. The van der Waals surface area contributed by atoms with Crippen LogP contribution < -0.4 is 0 Å². The van der Waals surface area contributed by atoms with Crippen molar-refractivity contribution in [1.82, 2.24) is 4.90 Å². The molecule has 3 heteroatoms.